The molecule has 0 aliphatic heterocycles. The summed E-state index contributed by atoms with van der Waals surface area (Å²) in [5, 5.41) is 10.4. The molecule has 28 heavy (non-hydrogen) atoms. The molecular weight excluding hydrogens is 370 g/mol. The first-order chi connectivity index (χ1) is 13.5. The lowest BCUT2D eigenvalue weighted by molar-refractivity contribution is 0.1000. The van der Waals surface area contributed by atoms with E-state index in [-0.39, 0.29) is 11.7 Å². The summed E-state index contributed by atoms with van der Waals surface area (Å²) in [7, 11) is 0. The Hall–Kier alpha value is -3.03. The van der Waals surface area contributed by atoms with Crippen LogP contribution in [-0.2, 0) is 5.75 Å². The van der Waals surface area contributed by atoms with Crippen molar-refractivity contribution in [2.75, 3.05) is 5.73 Å². The lowest BCUT2D eigenvalue weighted by atomic mass is 9.82. The van der Waals surface area contributed by atoms with Gasteiger partial charge in [-0.15, -0.1) is 11.8 Å². The fraction of sp³-hybridized carbons (Fsp3) is 0.333. The lowest BCUT2D eigenvalue weighted by Gasteiger charge is -2.25. The number of rotatable bonds is 5. The van der Waals surface area contributed by atoms with Crippen molar-refractivity contribution in [2.24, 2.45) is 5.73 Å². The molecule has 0 bridgehead atoms. The first-order valence-corrected chi connectivity index (χ1v) is 10.2. The minimum atomic E-state index is -0.479. The number of aromatic nitrogens is 1. The van der Waals surface area contributed by atoms with Crippen LogP contribution >= 0.6 is 11.8 Å². The van der Waals surface area contributed by atoms with E-state index in [0.717, 1.165) is 36.8 Å². The maximum absolute atomic E-state index is 11.4. The van der Waals surface area contributed by atoms with E-state index in [1.165, 1.54) is 18.2 Å². The molecule has 0 unspecified atom stereocenters. The first-order valence-electron chi connectivity index (χ1n) is 9.17. The molecule has 2 aromatic rings. The Kier molecular flexibility index (Phi) is 6.18. The van der Waals surface area contributed by atoms with Crippen LogP contribution in [0.25, 0.3) is 4.85 Å². The zero-order valence-corrected chi connectivity index (χ0v) is 16.3. The van der Waals surface area contributed by atoms with Crippen LogP contribution in [0, 0.1) is 17.9 Å². The molecule has 1 aliphatic rings. The van der Waals surface area contributed by atoms with Crippen LogP contribution in [0.15, 0.2) is 29.3 Å². The van der Waals surface area contributed by atoms with Crippen LogP contribution in [0.4, 0.5) is 11.5 Å². The van der Waals surface area contributed by atoms with Crippen molar-refractivity contribution in [3.63, 3.8) is 0 Å². The number of nitrogens with zero attached hydrogens (tertiary/aromatic N) is 3. The molecule has 0 radical (unpaired) electrons. The molecule has 7 heteroatoms. The van der Waals surface area contributed by atoms with Crippen molar-refractivity contribution < 1.29 is 4.79 Å². The van der Waals surface area contributed by atoms with Gasteiger partial charge in [-0.3, -0.25) is 4.79 Å². The van der Waals surface area contributed by atoms with Gasteiger partial charge in [0.2, 0.25) is 11.6 Å². The van der Waals surface area contributed by atoms with Crippen LogP contribution in [0.3, 0.4) is 0 Å². The summed E-state index contributed by atoms with van der Waals surface area (Å²) in [4.78, 5) is 19.3. The van der Waals surface area contributed by atoms with Crippen LogP contribution in [0.1, 0.15) is 65.1 Å². The van der Waals surface area contributed by atoms with Crippen LogP contribution < -0.4 is 11.5 Å². The molecule has 4 N–H and O–H groups in total. The summed E-state index contributed by atoms with van der Waals surface area (Å²) in [5.41, 5.74) is 14.3. The number of amides is 1. The number of carbonyl (C=O) groups is 1. The Labute approximate surface area is 168 Å². The molecular formula is C21H21N5OS. The Bertz CT molecular complexity index is 984. The number of thioether (sulfide) groups is 1. The molecule has 0 spiro atoms. The number of pyridine rings is 1. The standard InChI is InChI=1S/C21H21N5OS/c1-25-18-17(14-7-3-2-4-8-14)16(11-22)21(26-19(18)23)28-12-13-6-5-9-15(10-13)20(24)27/h5-6,9-10,14H,2-4,7-8,12H2,(H2,23,26)(H2,24,27). The number of carbonyl (C=O) groups excluding carboxylic acids is 1. The van der Waals surface area contributed by atoms with E-state index in [4.69, 9.17) is 18.0 Å². The maximum Gasteiger partial charge on any atom is 0.248 e. The highest BCUT2D eigenvalue weighted by Gasteiger charge is 2.26. The molecule has 1 heterocycles. The van der Waals surface area contributed by atoms with Gasteiger partial charge in [0, 0.05) is 11.3 Å². The van der Waals surface area contributed by atoms with Gasteiger partial charge in [0.05, 0.1) is 12.1 Å². The highest BCUT2D eigenvalue weighted by molar-refractivity contribution is 7.98. The maximum atomic E-state index is 11.4. The largest absolute Gasteiger partial charge is 0.392 e. The number of nitrogens with two attached hydrogens (primary N) is 2. The topological polar surface area (TPSA) is 110 Å². The third kappa shape index (κ3) is 4.11. The van der Waals surface area contributed by atoms with Gasteiger partial charge in [-0.1, -0.05) is 31.4 Å². The van der Waals surface area contributed by atoms with Crippen molar-refractivity contribution in [1.29, 1.82) is 5.26 Å². The number of benzene rings is 1. The van der Waals surface area contributed by atoms with Gasteiger partial charge in [-0.25, -0.2) is 9.83 Å². The van der Waals surface area contributed by atoms with E-state index in [2.05, 4.69) is 15.9 Å². The van der Waals surface area contributed by atoms with Gasteiger partial charge >= 0.3 is 0 Å². The van der Waals surface area contributed by atoms with Crippen molar-refractivity contribution in [1.82, 2.24) is 4.98 Å². The van der Waals surface area contributed by atoms with Crippen molar-refractivity contribution in [3.05, 3.63) is 57.9 Å². The smallest absolute Gasteiger partial charge is 0.248 e. The second-order valence-corrected chi connectivity index (χ2v) is 7.82. The summed E-state index contributed by atoms with van der Waals surface area (Å²) in [6.45, 7) is 7.53. The van der Waals surface area contributed by atoms with E-state index in [0.29, 0.717) is 27.6 Å². The van der Waals surface area contributed by atoms with Crippen LogP contribution in [0.2, 0.25) is 0 Å². The van der Waals surface area contributed by atoms with E-state index in [1.54, 1.807) is 18.2 Å². The molecule has 0 atom stereocenters. The summed E-state index contributed by atoms with van der Waals surface area (Å²) < 4.78 is 0. The predicted molar refractivity (Wildman–Crippen MR) is 110 cm³/mol. The van der Waals surface area contributed by atoms with Crippen LogP contribution in [0.5, 0.6) is 0 Å². The number of hydrogen-bond acceptors (Lipinski definition) is 5. The third-order valence-electron chi connectivity index (χ3n) is 5.03. The number of anilines is 1. The average molecular weight is 392 g/mol. The Morgan fingerprint density at radius 3 is 2.75 bits per heavy atom. The van der Waals surface area contributed by atoms with Gasteiger partial charge in [-0.2, -0.15) is 5.26 Å². The van der Waals surface area contributed by atoms with Gasteiger partial charge in [-0.05, 0) is 42.0 Å². The van der Waals surface area contributed by atoms with E-state index >= 15 is 0 Å². The Morgan fingerprint density at radius 1 is 1.36 bits per heavy atom. The molecule has 1 aliphatic carbocycles. The van der Waals surface area contributed by atoms with Crippen molar-refractivity contribution in [3.8, 4) is 6.07 Å². The molecule has 142 valence electrons. The molecule has 1 fully saturated rings. The van der Waals surface area contributed by atoms with Crippen LogP contribution in [-0.4, -0.2) is 10.9 Å². The number of primary amides is 1. The molecule has 0 saturated heterocycles. The summed E-state index contributed by atoms with van der Waals surface area (Å²) in [6, 6.07) is 9.34. The number of hydrogen-bond donors (Lipinski definition) is 2. The fourth-order valence-electron chi connectivity index (χ4n) is 3.67. The van der Waals surface area contributed by atoms with E-state index < -0.39 is 5.91 Å². The monoisotopic (exact) mass is 391 g/mol. The summed E-state index contributed by atoms with van der Waals surface area (Å²) in [6.07, 6.45) is 5.30. The minimum Gasteiger partial charge on any atom is -0.392 e. The number of nitriles is 1. The lowest BCUT2D eigenvalue weighted by Crippen LogP contribution is -2.11. The molecule has 1 aromatic heterocycles. The Morgan fingerprint density at radius 2 is 2.11 bits per heavy atom. The first kappa shape index (κ1) is 19.7. The average Bonchev–Trinajstić information content (AvgIpc) is 2.72. The molecule has 6 nitrogen and oxygen atoms in total. The van der Waals surface area contributed by atoms with Crippen molar-refractivity contribution >= 4 is 29.2 Å². The molecule has 1 aromatic carbocycles. The van der Waals surface area contributed by atoms with Gasteiger partial charge in [0.1, 0.15) is 16.9 Å². The van der Waals surface area contributed by atoms with Gasteiger partial charge in [0.25, 0.3) is 0 Å². The quantitative estimate of drug-likeness (QED) is 0.575. The summed E-state index contributed by atoms with van der Waals surface area (Å²) in [5.74, 6) is 0.398. The second kappa shape index (κ2) is 8.77. The highest BCUT2D eigenvalue weighted by Crippen LogP contribution is 2.44. The van der Waals surface area contributed by atoms with E-state index in [9.17, 15) is 10.1 Å². The van der Waals surface area contributed by atoms with E-state index in [1.807, 2.05) is 6.07 Å². The highest BCUT2D eigenvalue weighted by atomic mass is 32.2. The van der Waals surface area contributed by atoms with Gasteiger partial charge in [0.15, 0.2) is 0 Å². The fourth-order valence-corrected chi connectivity index (χ4v) is 4.62. The van der Waals surface area contributed by atoms with Gasteiger partial charge < -0.3 is 11.5 Å². The van der Waals surface area contributed by atoms with Crippen molar-refractivity contribution in [2.45, 2.75) is 48.8 Å². The normalized spacial score (nSPS) is 14.2. The SMILES string of the molecule is [C-]#[N+]c1c(N)nc(SCc2cccc(C(N)=O)c2)c(C#N)c1C1CCCCC1. The molecule has 1 amide bonds. The zero-order chi connectivity index (χ0) is 20.1. The number of nitrogen functional groups attached to an aromatic ring is 1. The summed E-state index contributed by atoms with van der Waals surface area (Å²) >= 11 is 1.39. The third-order valence-corrected chi connectivity index (χ3v) is 6.07. The molecule has 3 rings (SSSR count). The predicted octanol–water partition coefficient (Wildman–Crippen LogP) is 4.53. The zero-order valence-electron chi connectivity index (χ0n) is 15.4. The second-order valence-electron chi connectivity index (χ2n) is 6.85. The molecule has 1 saturated carbocycles. The minimum absolute atomic E-state index is 0.176. The Balaban J connectivity index is 1.96.